The molecule has 3 atom stereocenters. The number of aliphatic hydroxyl groups is 1. The normalized spacial score (nSPS) is 29.9. The van der Waals surface area contributed by atoms with Crippen molar-refractivity contribution in [3.8, 4) is 0 Å². The number of rotatable bonds is 4. The molecule has 0 saturated carbocycles. The van der Waals surface area contributed by atoms with Gasteiger partial charge in [0.15, 0.2) is 0 Å². The highest BCUT2D eigenvalue weighted by Gasteiger charge is 2.30. The lowest BCUT2D eigenvalue weighted by Crippen LogP contribution is -2.37. The number of allylic oxidation sites excluding steroid dienone is 2. The highest BCUT2D eigenvalue weighted by Crippen LogP contribution is 2.26. The molecule has 1 N–H and O–H groups in total. The number of aliphatic hydroxyl groups excluding tert-OH is 1. The fourth-order valence-corrected chi connectivity index (χ4v) is 3.01. The molecule has 3 nitrogen and oxygen atoms in total. The summed E-state index contributed by atoms with van der Waals surface area (Å²) in [5.74, 6) is 0.736. The monoisotopic (exact) mass is 237 g/mol. The van der Waals surface area contributed by atoms with E-state index in [1.165, 1.54) is 0 Å². The van der Waals surface area contributed by atoms with Crippen LogP contribution in [0.5, 0.6) is 0 Å². The SMILES string of the molecule is C[C@H](O)C[C@H]1CCCN1C(=O)C[C@@H]1C=CCC1. The maximum absolute atomic E-state index is 12.2. The van der Waals surface area contributed by atoms with Crippen molar-refractivity contribution in [3.05, 3.63) is 12.2 Å². The van der Waals surface area contributed by atoms with Crippen LogP contribution in [0, 0.1) is 5.92 Å². The highest BCUT2D eigenvalue weighted by atomic mass is 16.3. The van der Waals surface area contributed by atoms with E-state index in [0.29, 0.717) is 12.3 Å². The van der Waals surface area contributed by atoms with Crippen molar-refractivity contribution in [1.82, 2.24) is 4.90 Å². The van der Waals surface area contributed by atoms with Gasteiger partial charge in [-0.1, -0.05) is 12.2 Å². The number of amides is 1. The van der Waals surface area contributed by atoms with Gasteiger partial charge < -0.3 is 10.0 Å². The maximum atomic E-state index is 12.2. The average molecular weight is 237 g/mol. The van der Waals surface area contributed by atoms with E-state index in [-0.39, 0.29) is 18.1 Å². The van der Waals surface area contributed by atoms with Crippen LogP contribution in [0.15, 0.2) is 12.2 Å². The molecule has 2 aliphatic rings. The van der Waals surface area contributed by atoms with Crippen molar-refractivity contribution in [2.75, 3.05) is 6.54 Å². The van der Waals surface area contributed by atoms with Crippen LogP contribution in [-0.2, 0) is 4.79 Å². The molecule has 0 bridgehead atoms. The van der Waals surface area contributed by atoms with Crippen LogP contribution in [0.3, 0.4) is 0 Å². The second-order valence-corrected chi connectivity index (χ2v) is 5.44. The minimum Gasteiger partial charge on any atom is -0.393 e. The number of carbonyl (C=O) groups is 1. The summed E-state index contributed by atoms with van der Waals surface area (Å²) in [4.78, 5) is 14.2. The Morgan fingerprint density at radius 3 is 3.00 bits per heavy atom. The van der Waals surface area contributed by atoms with Gasteiger partial charge in [-0.2, -0.15) is 0 Å². The van der Waals surface area contributed by atoms with E-state index < -0.39 is 0 Å². The first-order valence-electron chi connectivity index (χ1n) is 6.81. The molecule has 1 aliphatic heterocycles. The van der Waals surface area contributed by atoms with Crippen molar-refractivity contribution in [2.45, 2.75) is 57.6 Å². The van der Waals surface area contributed by atoms with Gasteiger partial charge in [0.2, 0.25) is 5.91 Å². The summed E-state index contributed by atoms with van der Waals surface area (Å²) in [6, 6.07) is 0.271. The fourth-order valence-electron chi connectivity index (χ4n) is 3.01. The molecule has 3 heteroatoms. The Labute approximate surface area is 103 Å². The summed E-state index contributed by atoms with van der Waals surface area (Å²) in [6.45, 7) is 2.69. The molecule has 96 valence electrons. The highest BCUT2D eigenvalue weighted by molar-refractivity contribution is 5.77. The zero-order chi connectivity index (χ0) is 12.3. The topological polar surface area (TPSA) is 40.5 Å². The second-order valence-electron chi connectivity index (χ2n) is 5.44. The van der Waals surface area contributed by atoms with Gasteiger partial charge in [-0.15, -0.1) is 0 Å². The molecular formula is C14H23NO2. The Morgan fingerprint density at radius 2 is 2.35 bits per heavy atom. The molecule has 1 heterocycles. The molecule has 17 heavy (non-hydrogen) atoms. The Balaban J connectivity index is 1.86. The standard InChI is InChI=1S/C14H23NO2/c1-11(16)9-13-7-4-8-15(13)14(17)10-12-5-2-3-6-12/h2,5,11-13,16H,3-4,6-10H2,1H3/t11-,12+,13+/m0/s1. The minimum atomic E-state index is -0.306. The zero-order valence-corrected chi connectivity index (χ0v) is 10.6. The lowest BCUT2D eigenvalue weighted by atomic mass is 10.0. The van der Waals surface area contributed by atoms with Gasteiger partial charge >= 0.3 is 0 Å². The molecule has 2 rings (SSSR count). The lowest BCUT2D eigenvalue weighted by Gasteiger charge is -2.26. The van der Waals surface area contributed by atoms with Gasteiger partial charge in [-0.25, -0.2) is 0 Å². The van der Waals surface area contributed by atoms with E-state index in [9.17, 15) is 9.90 Å². The summed E-state index contributed by atoms with van der Waals surface area (Å²) in [5.41, 5.74) is 0. The Bertz CT molecular complexity index is 299. The quantitative estimate of drug-likeness (QED) is 0.761. The third-order valence-electron chi connectivity index (χ3n) is 3.86. The fraction of sp³-hybridized carbons (Fsp3) is 0.786. The van der Waals surface area contributed by atoms with Crippen molar-refractivity contribution < 1.29 is 9.90 Å². The summed E-state index contributed by atoms with van der Waals surface area (Å²) in [5, 5.41) is 9.45. The van der Waals surface area contributed by atoms with Crippen molar-refractivity contribution in [2.24, 2.45) is 5.92 Å². The minimum absolute atomic E-state index is 0.271. The van der Waals surface area contributed by atoms with Crippen LogP contribution >= 0.6 is 0 Å². The van der Waals surface area contributed by atoms with Gasteiger partial charge in [-0.05, 0) is 44.9 Å². The van der Waals surface area contributed by atoms with Gasteiger partial charge in [0.05, 0.1) is 6.10 Å². The predicted molar refractivity (Wildman–Crippen MR) is 67.5 cm³/mol. The molecule has 0 spiro atoms. The van der Waals surface area contributed by atoms with Crippen LogP contribution in [0.2, 0.25) is 0 Å². The molecule has 0 aromatic heterocycles. The summed E-state index contributed by atoms with van der Waals surface area (Å²) < 4.78 is 0. The molecule has 1 saturated heterocycles. The summed E-state index contributed by atoms with van der Waals surface area (Å²) in [6.07, 6.45) is 9.82. The second kappa shape index (κ2) is 5.67. The van der Waals surface area contributed by atoms with Crippen LogP contribution in [0.4, 0.5) is 0 Å². The molecule has 0 unspecified atom stereocenters. The number of nitrogens with zero attached hydrogens (tertiary/aromatic N) is 1. The van der Waals surface area contributed by atoms with Crippen molar-refractivity contribution >= 4 is 5.91 Å². The molecular weight excluding hydrogens is 214 g/mol. The predicted octanol–water partition coefficient (Wildman–Crippen LogP) is 2.10. The first-order valence-corrected chi connectivity index (χ1v) is 6.81. The number of carbonyl (C=O) groups excluding carboxylic acids is 1. The molecule has 0 radical (unpaired) electrons. The number of likely N-dealkylation sites (tertiary alicyclic amines) is 1. The van der Waals surface area contributed by atoms with Crippen molar-refractivity contribution in [1.29, 1.82) is 0 Å². The Hall–Kier alpha value is -0.830. The first-order chi connectivity index (χ1) is 8.16. The van der Waals surface area contributed by atoms with Crippen molar-refractivity contribution in [3.63, 3.8) is 0 Å². The lowest BCUT2D eigenvalue weighted by molar-refractivity contribution is -0.133. The van der Waals surface area contributed by atoms with Gasteiger partial charge in [-0.3, -0.25) is 4.79 Å². The third kappa shape index (κ3) is 3.32. The van der Waals surface area contributed by atoms with Gasteiger partial charge in [0.1, 0.15) is 0 Å². The van der Waals surface area contributed by atoms with E-state index >= 15 is 0 Å². The zero-order valence-electron chi connectivity index (χ0n) is 10.6. The molecule has 1 amide bonds. The molecule has 0 aromatic rings. The largest absolute Gasteiger partial charge is 0.393 e. The Kier molecular flexibility index (Phi) is 4.21. The number of hydrogen-bond acceptors (Lipinski definition) is 2. The van der Waals surface area contributed by atoms with E-state index in [1.54, 1.807) is 6.92 Å². The van der Waals surface area contributed by atoms with E-state index in [4.69, 9.17) is 0 Å². The van der Waals surface area contributed by atoms with E-state index in [1.807, 2.05) is 4.90 Å². The van der Waals surface area contributed by atoms with Crippen LogP contribution in [-0.4, -0.2) is 34.6 Å². The van der Waals surface area contributed by atoms with E-state index in [2.05, 4.69) is 12.2 Å². The van der Waals surface area contributed by atoms with Gasteiger partial charge in [0, 0.05) is 19.0 Å². The van der Waals surface area contributed by atoms with Gasteiger partial charge in [0.25, 0.3) is 0 Å². The first kappa shape index (κ1) is 12.6. The van der Waals surface area contributed by atoms with Crippen LogP contribution in [0.1, 0.15) is 45.4 Å². The molecule has 1 fully saturated rings. The average Bonchev–Trinajstić information content (AvgIpc) is 2.87. The summed E-state index contributed by atoms with van der Waals surface area (Å²) >= 11 is 0. The Morgan fingerprint density at radius 1 is 1.53 bits per heavy atom. The number of hydrogen-bond donors (Lipinski definition) is 1. The third-order valence-corrected chi connectivity index (χ3v) is 3.86. The summed E-state index contributed by atoms with van der Waals surface area (Å²) in [7, 11) is 0. The van der Waals surface area contributed by atoms with Crippen LogP contribution < -0.4 is 0 Å². The molecule has 1 aliphatic carbocycles. The maximum Gasteiger partial charge on any atom is 0.223 e. The van der Waals surface area contributed by atoms with Crippen LogP contribution in [0.25, 0.3) is 0 Å². The smallest absolute Gasteiger partial charge is 0.223 e. The molecule has 0 aromatic carbocycles. The van der Waals surface area contributed by atoms with E-state index in [0.717, 1.165) is 38.6 Å².